The maximum atomic E-state index is 13.4. The second kappa shape index (κ2) is 34.9. The van der Waals surface area contributed by atoms with E-state index in [-0.39, 0.29) is 50.7 Å². The van der Waals surface area contributed by atoms with Gasteiger partial charge in [-0.1, -0.05) is 176 Å². The lowest BCUT2D eigenvalue weighted by molar-refractivity contribution is -0.130. The largest absolute Gasteiger partial charge is 0.356 e. The van der Waals surface area contributed by atoms with Crippen LogP contribution in [0.15, 0.2) is 0 Å². The Balaban J connectivity index is 0. The van der Waals surface area contributed by atoms with Gasteiger partial charge >= 0.3 is 0 Å². The summed E-state index contributed by atoms with van der Waals surface area (Å²) in [6, 6.07) is 0. The van der Waals surface area contributed by atoms with Crippen LogP contribution in [0.4, 0.5) is 22.0 Å². The highest BCUT2D eigenvalue weighted by molar-refractivity contribution is 5.83. The fraction of sp³-hybridized carbons (Fsp3) is 0.817. The van der Waals surface area contributed by atoms with Crippen molar-refractivity contribution >= 4 is 29.5 Å². The summed E-state index contributed by atoms with van der Waals surface area (Å²) in [4.78, 5) is 58.5. The molecule has 5 N–H and O–H groups in total. The summed E-state index contributed by atoms with van der Waals surface area (Å²) in [6.45, 7) is 40.2. The predicted octanol–water partition coefficient (Wildman–Crippen LogP) is 14.6. The Bertz CT molecular complexity index is 1840. The van der Waals surface area contributed by atoms with Crippen molar-refractivity contribution in [2.24, 2.45) is 44.3 Å². The molecule has 0 unspecified atom stereocenters. The molecule has 0 heterocycles. The van der Waals surface area contributed by atoms with E-state index in [2.05, 4.69) is 68.1 Å². The van der Waals surface area contributed by atoms with Crippen molar-refractivity contribution in [3.63, 3.8) is 0 Å². The molecule has 5 amide bonds. The first-order valence-corrected chi connectivity index (χ1v) is 28.4. The van der Waals surface area contributed by atoms with Gasteiger partial charge in [-0.05, 0) is 81.5 Å². The molecule has 0 atom stereocenters. The molecule has 15 heteroatoms. The number of hydrogen-bond donors (Lipinski definition) is 5. The van der Waals surface area contributed by atoms with Crippen LogP contribution >= 0.6 is 0 Å². The lowest BCUT2D eigenvalue weighted by Gasteiger charge is -2.26. The molecular formula is C60H108F5N5O5. The van der Waals surface area contributed by atoms with E-state index in [1.165, 1.54) is 70.6 Å². The van der Waals surface area contributed by atoms with E-state index in [1.807, 2.05) is 69.2 Å². The normalized spacial score (nSPS) is 14.5. The van der Waals surface area contributed by atoms with Crippen LogP contribution in [0, 0.1) is 73.4 Å². The molecular weight excluding hydrogens is 966 g/mol. The van der Waals surface area contributed by atoms with Gasteiger partial charge in [0.05, 0.1) is 0 Å². The number of unbranched alkanes of at least 4 members (excludes halogenated alkanes) is 2. The number of nitrogens with one attached hydrogen (secondary N) is 5. The molecule has 2 fully saturated rings. The van der Waals surface area contributed by atoms with Gasteiger partial charge in [0.15, 0.2) is 23.3 Å². The molecule has 3 rings (SSSR count). The van der Waals surface area contributed by atoms with E-state index in [9.17, 15) is 45.9 Å². The summed E-state index contributed by atoms with van der Waals surface area (Å²) in [7, 11) is 0. The minimum atomic E-state index is -2.22. The number of hydrogen-bond acceptors (Lipinski definition) is 5. The van der Waals surface area contributed by atoms with Gasteiger partial charge in [0.25, 0.3) is 0 Å². The fourth-order valence-electron chi connectivity index (χ4n) is 6.98. The molecule has 0 aliphatic heterocycles. The zero-order chi connectivity index (χ0) is 58.6. The second-order valence-electron chi connectivity index (χ2n) is 25.2. The van der Waals surface area contributed by atoms with Gasteiger partial charge in [0.1, 0.15) is 0 Å². The van der Waals surface area contributed by atoms with Crippen molar-refractivity contribution in [2.45, 2.75) is 247 Å². The van der Waals surface area contributed by atoms with Gasteiger partial charge in [-0.25, -0.2) is 22.0 Å². The van der Waals surface area contributed by atoms with Crippen molar-refractivity contribution in [3.05, 3.63) is 34.6 Å². The van der Waals surface area contributed by atoms with Crippen molar-refractivity contribution in [2.75, 3.05) is 26.2 Å². The van der Waals surface area contributed by atoms with Crippen LogP contribution < -0.4 is 26.6 Å². The van der Waals surface area contributed by atoms with Crippen LogP contribution in [0.25, 0.3) is 0 Å². The lowest BCUT2D eigenvalue weighted by Crippen LogP contribution is -2.40. The van der Waals surface area contributed by atoms with E-state index < -0.39 is 52.5 Å². The molecule has 438 valence electrons. The first kappa shape index (κ1) is 73.3. The van der Waals surface area contributed by atoms with Crippen molar-refractivity contribution in [1.82, 2.24) is 26.6 Å². The van der Waals surface area contributed by atoms with E-state index in [0.717, 1.165) is 70.1 Å². The minimum Gasteiger partial charge on any atom is -0.356 e. The average Bonchev–Trinajstić information content (AvgIpc) is 3.91. The molecule has 0 radical (unpaired) electrons. The van der Waals surface area contributed by atoms with Gasteiger partial charge in [0.2, 0.25) is 35.4 Å². The Morgan fingerprint density at radius 2 is 0.693 bits per heavy atom. The highest BCUT2D eigenvalue weighted by Gasteiger charge is 2.31. The van der Waals surface area contributed by atoms with E-state index in [4.69, 9.17) is 0 Å². The number of halogens is 5. The van der Waals surface area contributed by atoms with Crippen molar-refractivity contribution < 1.29 is 45.9 Å². The third kappa shape index (κ3) is 28.4. The number of carbonyl (C=O) groups is 5. The first-order valence-electron chi connectivity index (χ1n) is 28.4. The minimum absolute atomic E-state index is 0.157. The molecule has 1 aromatic carbocycles. The average molecular weight is 1070 g/mol. The molecule has 0 aromatic heterocycles. The number of rotatable bonds is 21. The van der Waals surface area contributed by atoms with Crippen LogP contribution in [0.1, 0.15) is 246 Å². The fourth-order valence-corrected chi connectivity index (χ4v) is 6.98. The SMILES string of the molecule is CCC(C)(C)C(=O)NCC(C)(C)C.CCC(C)(C)C(=O)NCC1CCCC1.CCC(C)(C)C(=O)NCC1CCCCC1.CCC(C)(C)C(=O)NCc1c(F)c(F)c(F)c(F)c1F.CCCCCNC(=O)C(C)(C)CC. The van der Waals surface area contributed by atoms with Crippen LogP contribution in [0.2, 0.25) is 0 Å². The van der Waals surface area contributed by atoms with E-state index >= 15 is 0 Å². The maximum absolute atomic E-state index is 13.4. The van der Waals surface area contributed by atoms with Gasteiger partial charge in [-0.3, -0.25) is 24.0 Å². The maximum Gasteiger partial charge on any atom is 0.225 e. The lowest BCUT2D eigenvalue weighted by atomic mass is 9.87. The molecule has 75 heavy (non-hydrogen) atoms. The summed E-state index contributed by atoms with van der Waals surface area (Å²) >= 11 is 0. The summed E-state index contributed by atoms with van der Waals surface area (Å²) in [6.07, 6.45) is 19.5. The molecule has 2 aliphatic carbocycles. The summed E-state index contributed by atoms with van der Waals surface area (Å²) in [5.41, 5.74) is -2.52. The number of benzene rings is 1. The van der Waals surface area contributed by atoms with Crippen LogP contribution in [-0.4, -0.2) is 55.7 Å². The van der Waals surface area contributed by atoms with Gasteiger partial charge in [0, 0.05) is 65.4 Å². The van der Waals surface area contributed by atoms with E-state index in [1.54, 1.807) is 20.8 Å². The summed E-state index contributed by atoms with van der Waals surface area (Å²) in [5, 5.41) is 14.3. The summed E-state index contributed by atoms with van der Waals surface area (Å²) in [5.74, 6) is -8.42. The van der Waals surface area contributed by atoms with Gasteiger partial charge in [-0.15, -0.1) is 0 Å². The predicted molar refractivity (Wildman–Crippen MR) is 298 cm³/mol. The van der Waals surface area contributed by atoms with Gasteiger partial charge in [-0.2, -0.15) is 0 Å². The molecule has 0 spiro atoms. The van der Waals surface area contributed by atoms with E-state index in [0.29, 0.717) is 6.42 Å². The highest BCUT2D eigenvalue weighted by atomic mass is 19.2. The Kier molecular flexibility index (Phi) is 34.1. The topological polar surface area (TPSA) is 146 Å². The highest BCUT2D eigenvalue weighted by Crippen LogP contribution is 2.28. The standard InChI is InChI=1S/C13H14F5NO.C13H25NO.C12H23NO.2C11H23NO/c1-4-13(2,3)12(20)19-5-6-7(14)9(16)11(18)10(17)8(6)15;1-4-13(2,3)12(15)14-10-11-8-6-5-7-9-11;1-4-12(2,3)11(14)13-9-10-7-5-6-8-10;1-7-11(5,6)9(13)12-8-10(2,3)4;1-5-7-8-9-12-10(13)11(3,4)6-2/h4-5H2,1-3H3,(H,19,20);11H,4-10H2,1-3H3,(H,14,15);10H,4-9H2,1-3H3,(H,13,14);7-8H2,1-6H3,(H,12,13);5-9H2,1-4H3,(H,12,13). The summed E-state index contributed by atoms with van der Waals surface area (Å²) < 4.78 is 65.5. The zero-order valence-electron chi connectivity index (χ0n) is 50.6. The third-order valence-corrected chi connectivity index (χ3v) is 15.4. The quantitative estimate of drug-likeness (QED) is 0.0360. The second-order valence-corrected chi connectivity index (χ2v) is 25.2. The molecule has 0 saturated heterocycles. The molecule has 10 nitrogen and oxygen atoms in total. The van der Waals surface area contributed by atoms with Crippen molar-refractivity contribution in [3.8, 4) is 0 Å². The Hall–Kier alpha value is -3.78. The molecule has 2 aliphatic rings. The first-order chi connectivity index (χ1) is 34.5. The monoisotopic (exact) mass is 1070 g/mol. The number of amides is 5. The van der Waals surface area contributed by atoms with Crippen LogP contribution in [-0.2, 0) is 30.5 Å². The van der Waals surface area contributed by atoms with Crippen LogP contribution in [0.3, 0.4) is 0 Å². The Morgan fingerprint density at radius 3 is 1.01 bits per heavy atom. The molecule has 2 saturated carbocycles. The number of carbonyl (C=O) groups excluding carboxylic acids is 5. The third-order valence-electron chi connectivity index (χ3n) is 15.4. The Morgan fingerprint density at radius 1 is 0.400 bits per heavy atom. The van der Waals surface area contributed by atoms with Crippen molar-refractivity contribution in [1.29, 1.82) is 0 Å². The molecule has 0 bridgehead atoms. The van der Waals surface area contributed by atoms with Crippen LogP contribution in [0.5, 0.6) is 0 Å². The smallest absolute Gasteiger partial charge is 0.225 e. The zero-order valence-corrected chi connectivity index (χ0v) is 50.6. The molecule has 1 aromatic rings. The van der Waals surface area contributed by atoms with Gasteiger partial charge < -0.3 is 26.6 Å². The Labute approximate surface area is 453 Å².